The van der Waals surface area contributed by atoms with Gasteiger partial charge < -0.3 is 52.6 Å². The van der Waals surface area contributed by atoms with Gasteiger partial charge in [-0.15, -0.1) is 5.10 Å². The summed E-state index contributed by atoms with van der Waals surface area (Å²) in [5.41, 5.74) is 7.97. The summed E-state index contributed by atoms with van der Waals surface area (Å²) in [5, 5.41) is 10.5. The van der Waals surface area contributed by atoms with E-state index in [1.165, 1.54) is 4.90 Å². The first-order valence-corrected chi connectivity index (χ1v) is 24.9. The minimum atomic E-state index is -0.306. The lowest BCUT2D eigenvalue weighted by Gasteiger charge is -2.30. The quantitative estimate of drug-likeness (QED) is 0.0873. The molecule has 2 bridgehead atoms. The van der Waals surface area contributed by atoms with E-state index in [-0.39, 0.29) is 18.4 Å². The number of carbonyl (C=O) groups is 2. The second-order valence-corrected chi connectivity index (χ2v) is 17.8. The summed E-state index contributed by atoms with van der Waals surface area (Å²) in [6.45, 7) is 15.1. The van der Waals surface area contributed by atoms with Crippen molar-refractivity contribution in [1.82, 2.24) is 19.9 Å². The fourth-order valence-corrected chi connectivity index (χ4v) is 9.35. The fourth-order valence-electron chi connectivity index (χ4n) is 9.35. The maximum absolute atomic E-state index is 13.4. The van der Waals surface area contributed by atoms with Crippen molar-refractivity contribution in [2.45, 2.75) is 20.8 Å². The average Bonchev–Trinajstić information content (AvgIpc) is 3.88. The number of imide groups is 1. The van der Waals surface area contributed by atoms with E-state index in [2.05, 4.69) is 75.3 Å². The van der Waals surface area contributed by atoms with Gasteiger partial charge in [-0.2, -0.15) is 0 Å². The second-order valence-electron chi connectivity index (χ2n) is 17.8. The Morgan fingerprint density at radius 3 is 1.67 bits per heavy atom. The van der Waals surface area contributed by atoms with Crippen LogP contribution in [0.4, 0.5) is 17.1 Å². The summed E-state index contributed by atoms with van der Waals surface area (Å²) in [6, 6.07) is 27.7. The minimum absolute atomic E-state index is 0.289. The van der Waals surface area contributed by atoms with Gasteiger partial charge in [0.1, 0.15) is 42.8 Å². The molecule has 1 aromatic heterocycles. The molecular formula is C55H65N7O10. The highest BCUT2D eigenvalue weighted by molar-refractivity contribution is 6.26. The number of aromatic nitrogens is 3. The summed E-state index contributed by atoms with van der Waals surface area (Å²) in [4.78, 5) is 34.8. The molecule has 0 radical (unpaired) electrons. The SMILES string of the molecule is CCN1C(=O)c2cccc3c(-n4cc(-c5ccc(N6CCOc7cc(C)ccc7N7CCOCCOCCN(CCOCCOCC7)c7ccc(C)cc7OCC6)c(OCCOC)c5)nn4)ccc(c23)C1=O. The lowest BCUT2D eigenvalue weighted by Crippen LogP contribution is -2.40. The normalized spacial score (nSPS) is 17.0. The van der Waals surface area contributed by atoms with Crippen molar-refractivity contribution in [2.75, 3.05) is 147 Å². The Morgan fingerprint density at radius 1 is 0.569 bits per heavy atom. The average molecular weight is 984 g/mol. The number of benzene rings is 5. The van der Waals surface area contributed by atoms with E-state index >= 15 is 0 Å². The molecule has 380 valence electrons. The van der Waals surface area contributed by atoms with Crippen molar-refractivity contribution >= 4 is 39.6 Å². The van der Waals surface area contributed by atoms with Crippen molar-refractivity contribution in [3.8, 4) is 34.2 Å². The number of nitrogens with zero attached hydrogens (tertiary/aromatic N) is 7. The van der Waals surface area contributed by atoms with Crippen LogP contribution in [0.3, 0.4) is 0 Å². The molecule has 0 saturated carbocycles. The second kappa shape index (κ2) is 24.1. The molecule has 72 heavy (non-hydrogen) atoms. The van der Waals surface area contributed by atoms with Crippen LogP contribution >= 0.6 is 0 Å². The van der Waals surface area contributed by atoms with Gasteiger partial charge >= 0.3 is 0 Å². The molecule has 1 saturated heterocycles. The van der Waals surface area contributed by atoms with Gasteiger partial charge in [-0.05, 0) is 86.5 Å². The van der Waals surface area contributed by atoms with Crippen molar-refractivity contribution in [3.05, 3.63) is 113 Å². The van der Waals surface area contributed by atoms with Crippen LogP contribution in [0.15, 0.2) is 91.1 Å². The molecule has 0 atom stereocenters. The largest absolute Gasteiger partial charge is 0.490 e. The molecule has 5 heterocycles. The van der Waals surface area contributed by atoms with Gasteiger partial charge in [0.2, 0.25) is 0 Å². The maximum Gasteiger partial charge on any atom is 0.261 e. The molecule has 0 aliphatic carbocycles. The van der Waals surface area contributed by atoms with Crippen LogP contribution in [0.5, 0.6) is 17.2 Å². The van der Waals surface area contributed by atoms with Gasteiger partial charge in [-0.25, -0.2) is 4.68 Å². The molecule has 10 rings (SSSR count). The molecule has 2 amide bonds. The van der Waals surface area contributed by atoms with E-state index in [1.54, 1.807) is 30.8 Å². The van der Waals surface area contributed by atoms with Gasteiger partial charge in [0.25, 0.3) is 11.8 Å². The van der Waals surface area contributed by atoms with E-state index in [4.69, 9.17) is 37.9 Å². The Kier molecular flexibility index (Phi) is 16.8. The molecule has 0 unspecified atom stereocenters. The number of carbonyl (C=O) groups excluding carboxylic acids is 2. The number of anilines is 3. The third-order valence-corrected chi connectivity index (χ3v) is 13.1. The van der Waals surface area contributed by atoms with E-state index in [1.807, 2.05) is 42.6 Å². The number of hydrogen-bond donors (Lipinski definition) is 0. The monoisotopic (exact) mass is 983 g/mol. The Morgan fingerprint density at radius 2 is 1.10 bits per heavy atom. The number of ether oxygens (including phenoxy) is 8. The predicted molar refractivity (Wildman–Crippen MR) is 276 cm³/mol. The third kappa shape index (κ3) is 11.6. The Bertz CT molecular complexity index is 2700. The summed E-state index contributed by atoms with van der Waals surface area (Å²) in [7, 11) is 1.65. The van der Waals surface area contributed by atoms with Crippen molar-refractivity contribution in [3.63, 3.8) is 0 Å². The van der Waals surface area contributed by atoms with Crippen LogP contribution in [-0.2, 0) is 23.7 Å². The Hall–Kier alpha value is -6.76. The summed E-state index contributed by atoms with van der Waals surface area (Å²) < 4.78 is 51.7. The molecule has 5 aromatic carbocycles. The number of methoxy groups -OCH3 is 1. The first-order valence-electron chi connectivity index (χ1n) is 24.9. The van der Waals surface area contributed by atoms with Gasteiger partial charge in [-0.3, -0.25) is 14.5 Å². The standard InChI is InChI=1S/C55H65N7O10/c1-5-61-54(63)43-8-6-7-42-46(16-12-44(53(42)43)55(61)64)62-38-45(56-57-62)41-11-15-49(52(37-41)72-34-29-65-4)60-21-27-70-50-35-39(2)9-13-47(50)58-17-23-66-30-32-68-25-19-59(20-26-69-33-31-67-24-18-58)48-14-10-40(3)36-51(48)71-28-22-60/h6-16,35-38H,5,17-34H2,1-4H3. The molecule has 4 aliphatic rings. The number of rotatable bonds is 8. The van der Waals surface area contributed by atoms with E-state index in [9.17, 15) is 9.59 Å². The van der Waals surface area contributed by atoms with Crippen LogP contribution in [0, 0.1) is 13.8 Å². The highest BCUT2D eigenvalue weighted by atomic mass is 16.5. The maximum atomic E-state index is 13.4. The third-order valence-electron chi connectivity index (χ3n) is 13.1. The van der Waals surface area contributed by atoms with E-state index in [0.29, 0.717) is 152 Å². The van der Waals surface area contributed by atoms with Gasteiger partial charge in [0.15, 0.2) is 0 Å². The predicted octanol–water partition coefficient (Wildman–Crippen LogP) is 7.02. The molecule has 6 aromatic rings. The Labute approximate surface area is 421 Å². The van der Waals surface area contributed by atoms with Crippen molar-refractivity contribution in [1.29, 1.82) is 0 Å². The van der Waals surface area contributed by atoms with E-state index < -0.39 is 0 Å². The first kappa shape index (κ1) is 50.2. The highest BCUT2D eigenvalue weighted by Gasteiger charge is 2.32. The molecule has 0 N–H and O–H groups in total. The van der Waals surface area contributed by atoms with E-state index in [0.717, 1.165) is 50.6 Å². The lowest BCUT2D eigenvalue weighted by molar-refractivity contribution is 0.0435. The van der Waals surface area contributed by atoms with Crippen LogP contribution in [0.25, 0.3) is 27.7 Å². The number of hydrogen-bond acceptors (Lipinski definition) is 15. The topological polar surface area (TPSA) is 152 Å². The van der Waals surface area contributed by atoms with Crippen LogP contribution in [0.1, 0.15) is 38.8 Å². The van der Waals surface area contributed by atoms with Crippen molar-refractivity contribution in [2.24, 2.45) is 0 Å². The van der Waals surface area contributed by atoms with Gasteiger partial charge in [0.05, 0.1) is 101 Å². The lowest BCUT2D eigenvalue weighted by atomic mass is 9.93. The number of amides is 2. The zero-order valence-electron chi connectivity index (χ0n) is 41.8. The zero-order chi connectivity index (χ0) is 49.8. The van der Waals surface area contributed by atoms with Crippen LogP contribution in [0.2, 0.25) is 0 Å². The summed E-state index contributed by atoms with van der Waals surface area (Å²) >= 11 is 0. The molecular weight excluding hydrogens is 919 g/mol. The van der Waals surface area contributed by atoms with Crippen molar-refractivity contribution < 1.29 is 47.5 Å². The molecule has 4 aliphatic heterocycles. The fraction of sp³-hybridized carbons (Fsp3) is 0.418. The van der Waals surface area contributed by atoms with Crippen LogP contribution < -0.4 is 28.9 Å². The number of fused-ring (bicyclic) bond motifs is 20. The van der Waals surface area contributed by atoms with Gasteiger partial charge in [0, 0.05) is 67.3 Å². The van der Waals surface area contributed by atoms with Gasteiger partial charge in [-0.1, -0.05) is 35.5 Å². The molecule has 0 spiro atoms. The molecule has 1 fully saturated rings. The number of aryl methyl sites for hydroxylation is 2. The molecule has 17 heteroatoms. The summed E-state index contributed by atoms with van der Waals surface area (Å²) in [5.74, 6) is 1.55. The first-order chi connectivity index (χ1) is 35.3. The Balaban J connectivity index is 1.06. The zero-order valence-corrected chi connectivity index (χ0v) is 41.8. The smallest absolute Gasteiger partial charge is 0.261 e. The highest BCUT2D eigenvalue weighted by Crippen LogP contribution is 2.37. The summed E-state index contributed by atoms with van der Waals surface area (Å²) in [6.07, 6.45) is 1.85. The van der Waals surface area contributed by atoms with Crippen LogP contribution in [-0.4, -0.2) is 164 Å². The minimum Gasteiger partial charge on any atom is -0.490 e. The molecule has 17 nitrogen and oxygen atoms in total.